The molecule has 4 aliphatic carbocycles. The summed E-state index contributed by atoms with van der Waals surface area (Å²) in [6.45, 7) is 1.63. The Morgan fingerprint density at radius 2 is 1.82 bits per heavy atom. The normalized spacial score (nSPS) is 38.7. The summed E-state index contributed by atoms with van der Waals surface area (Å²) in [5.41, 5.74) is 1.61. The number of rotatable bonds is 4. The van der Waals surface area contributed by atoms with Crippen LogP contribution in [0.15, 0.2) is 27.6 Å². The van der Waals surface area contributed by atoms with Crippen LogP contribution in [0.25, 0.3) is 5.57 Å². The van der Waals surface area contributed by atoms with Gasteiger partial charge >= 0.3 is 0 Å². The standard InChI is InChI=1S/C19H24N2O/c1-2-18(16-3-4-20-11-16)22-17(1)12-21-19-8-13-5-14(9-19)7-15(6-13)10-19/h1-4,13-15,21H,5-12H2. The van der Waals surface area contributed by atoms with Gasteiger partial charge in [0.2, 0.25) is 0 Å². The van der Waals surface area contributed by atoms with Gasteiger partial charge in [-0.15, -0.1) is 0 Å². The lowest BCUT2D eigenvalue weighted by Gasteiger charge is -2.57. The Balaban J connectivity index is 1.27. The van der Waals surface area contributed by atoms with Gasteiger partial charge in [-0.1, -0.05) is 0 Å². The molecule has 0 amide bonds. The third kappa shape index (κ3) is 2.18. The molecule has 0 unspecified atom stereocenters. The summed E-state index contributed by atoms with van der Waals surface area (Å²) >= 11 is 0. The molecule has 3 heteroatoms. The van der Waals surface area contributed by atoms with Crippen LogP contribution >= 0.6 is 0 Å². The molecule has 5 aliphatic rings. The van der Waals surface area contributed by atoms with Crippen LogP contribution in [0.3, 0.4) is 0 Å². The van der Waals surface area contributed by atoms with E-state index in [2.05, 4.69) is 28.5 Å². The minimum absolute atomic E-state index is 0.414. The average molecular weight is 296 g/mol. The zero-order valence-corrected chi connectivity index (χ0v) is 13.1. The highest BCUT2D eigenvalue weighted by atomic mass is 16.3. The predicted octanol–water partition coefficient (Wildman–Crippen LogP) is 3.81. The molecule has 116 valence electrons. The molecule has 22 heavy (non-hydrogen) atoms. The van der Waals surface area contributed by atoms with Gasteiger partial charge in [0.15, 0.2) is 0 Å². The number of allylic oxidation sites excluding steroid dienone is 1. The van der Waals surface area contributed by atoms with Gasteiger partial charge < -0.3 is 9.73 Å². The molecule has 4 saturated carbocycles. The van der Waals surface area contributed by atoms with Crippen molar-refractivity contribution in [2.24, 2.45) is 22.7 Å². The van der Waals surface area contributed by atoms with Crippen LogP contribution in [-0.2, 0) is 6.54 Å². The zero-order chi connectivity index (χ0) is 14.6. The van der Waals surface area contributed by atoms with Crippen molar-refractivity contribution in [3.05, 3.63) is 29.7 Å². The summed E-state index contributed by atoms with van der Waals surface area (Å²) in [5.74, 6) is 5.03. The summed E-state index contributed by atoms with van der Waals surface area (Å²) in [6.07, 6.45) is 12.6. The lowest BCUT2D eigenvalue weighted by molar-refractivity contribution is -0.0213. The lowest BCUT2D eigenvalue weighted by atomic mass is 9.53. The predicted molar refractivity (Wildman–Crippen MR) is 87.8 cm³/mol. The largest absolute Gasteiger partial charge is 0.460 e. The van der Waals surface area contributed by atoms with Crippen molar-refractivity contribution < 1.29 is 4.42 Å². The molecule has 0 radical (unpaired) electrons. The van der Waals surface area contributed by atoms with Crippen LogP contribution in [0.1, 0.15) is 50.0 Å². The SMILES string of the molecule is C1=NCC(c2ccc(CNC34CC5CC(CC(C5)C3)C4)o2)=C1. The summed E-state index contributed by atoms with van der Waals surface area (Å²) in [5, 5.41) is 3.90. The highest BCUT2D eigenvalue weighted by Gasteiger charge is 2.50. The molecular formula is C19H24N2O. The van der Waals surface area contributed by atoms with Crippen LogP contribution in [0.2, 0.25) is 0 Å². The summed E-state index contributed by atoms with van der Waals surface area (Å²) in [4.78, 5) is 4.23. The van der Waals surface area contributed by atoms with E-state index in [1.807, 2.05) is 6.21 Å². The molecule has 0 saturated heterocycles. The average Bonchev–Trinajstić information content (AvgIpc) is 3.15. The molecule has 3 nitrogen and oxygen atoms in total. The fourth-order valence-electron chi connectivity index (χ4n) is 5.75. The Bertz CT molecular complexity index is 604. The smallest absolute Gasteiger partial charge is 0.132 e. The Kier molecular flexibility index (Phi) is 2.88. The van der Waals surface area contributed by atoms with Gasteiger partial charge in [0.25, 0.3) is 0 Å². The first kappa shape index (κ1) is 13.1. The van der Waals surface area contributed by atoms with Gasteiger partial charge in [0.1, 0.15) is 11.5 Å². The third-order valence-corrected chi connectivity index (χ3v) is 6.30. The summed E-state index contributed by atoms with van der Waals surface area (Å²) < 4.78 is 6.02. The Hall–Kier alpha value is -1.35. The fraction of sp³-hybridized carbons (Fsp3) is 0.632. The number of nitrogens with zero attached hydrogens (tertiary/aromatic N) is 1. The van der Waals surface area contributed by atoms with Gasteiger partial charge in [0, 0.05) is 17.3 Å². The molecule has 1 aromatic rings. The van der Waals surface area contributed by atoms with Crippen LogP contribution in [-0.4, -0.2) is 18.3 Å². The highest BCUT2D eigenvalue weighted by molar-refractivity contribution is 5.88. The molecule has 4 bridgehead atoms. The lowest BCUT2D eigenvalue weighted by Crippen LogP contribution is -2.58. The monoisotopic (exact) mass is 296 g/mol. The van der Waals surface area contributed by atoms with Crippen molar-refractivity contribution in [3.8, 4) is 0 Å². The highest BCUT2D eigenvalue weighted by Crippen LogP contribution is 2.55. The van der Waals surface area contributed by atoms with Gasteiger partial charge in [-0.3, -0.25) is 4.99 Å². The number of hydrogen-bond donors (Lipinski definition) is 1. The maximum atomic E-state index is 6.02. The molecule has 0 aromatic carbocycles. The molecule has 6 rings (SSSR count). The Morgan fingerprint density at radius 1 is 1.09 bits per heavy atom. The second kappa shape index (κ2) is 4.82. The Morgan fingerprint density at radius 3 is 2.45 bits per heavy atom. The maximum absolute atomic E-state index is 6.02. The minimum atomic E-state index is 0.414. The third-order valence-electron chi connectivity index (χ3n) is 6.30. The summed E-state index contributed by atoms with van der Waals surface area (Å²) in [7, 11) is 0. The van der Waals surface area contributed by atoms with E-state index in [1.54, 1.807) is 0 Å². The first-order valence-corrected chi connectivity index (χ1v) is 8.81. The number of furan rings is 1. The topological polar surface area (TPSA) is 37.5 Å². The van der Waals surface area contributed by atoms with E-state index in [1.165, 1.54) is 44.1 Å². The number of nitrogens with one attached hydrogen (secondary N) is 1. The maximum Gasteiger partial charge on any atom is 0.132 e. The molecule has 2 heterocycles. The van der Waals surface area contributed by atoms with Crippen LogP contribution < -0.4 is 5.32 Å². The van der Waals surface area contributed by atoms with Crippen molar-refractivity contribution >= 4 is 11.8 Å². The van der Waals surface area contributed by atoms with E-state index in [9.17, 15) is 0 Å². The quantitative estimate of drug-likeness (QED) is 0.917. The molecular weight excluding hydrogens is 272 g/mol. The molecule has 0 atom stereocenters. The van der Waals surface area contributed by atoms with E-state index in [0.29, 0.717) is 5.54 Å². The van der Waals surface area contributed by atoms with Crippen molar-refractivity contribution in [2.75, 3.05) is 6.54 Å². The molecule has 4 fully saturated rings. The van der Waals surface area contributed by atoms with E-state index < -0.39 is 0 Å². The number of aliphatic imine (C=N–C) groups is 1. The van der Waals surface area contributed by atoms with E-state index in [4.69, 9.17) is 4.42 Å². The van der Waals surface area contributed by atoms with Crippen LogP contribution in [0.5, 0.6) is 0 Å². The molecule has 1 aliphatic heterocycles. The molecule has 1 aromatic heterocycles. The summed E-state index contributed by atoms with van der Waals surface area (Å²) in [6, 6.07) is 4.22. The van der Waals surface area contributed by atoms with E-state index >= 15 is 0 Å². The Labute approximate surface area is 131 Å². The first-order chi connectivity index (χ1) is 10.8. The molecule has 0 spiro atoms. The van der Waals surface area contributed by atoms with Crippen molar-refractivity contribution in [2.45, 2.75) is 50.6 Å². The second-order valence-corrected chi connectivity index (χ2v) is 8.00. The first-order valence-electron chi connectivity index (χ1n) is 8.81. The van der Waals surface area contributed by atoms with Crippen molar-refractivity contribution in [3.63, 3.8) is 0 Å². The van der Waals surface area contributed by atoms with Gasteiger partial charge in [-0.2, -0.15) is 0 Å². The van der Waals surface area contributed by atoms with Gasteiger partial charge in [0.05, 0.1) is 13.1 Å². The van der Waals surface area contributed by atoms with Gasteiger partial charge in [-0.25, -0.2) is 0 Å². The van der Waals surface area contributed by atoms with Crippen molar-refractivity contribution in [1.82, 2.24) is 5.32 Å². The zero-order valence-electron chi connectivity index (χ0n) is 13.1. The van der Waals surface area contributed by atoms with E-state index in [0.717, 1.165) is 42.4 Å². The fourth-order valence-corrected chi connectivity index (χ4v) is 5.75. The second-order valence-electron chi connectivity index (χ2n) is 8.00. The minimum Gasteiger partial charge on any atom is -0.460 e. The van der Waals surface area contributed by atoms with Crippen LogP contribution in [0, 0.1) is 17.8 Å². The number of hydrogen-bond acceptors (Lipinski definition) is 3. The van der Waals surface area contributed by atoms with Gasteiger partial charge in [-0.05, 0) is 74.5 Å². The molecule has 1 N–H and O–H groups in total. The van der Waals surface area contributed by atoms with Crippen LogP contribution in [0.4, 0.5) is 0 Å². The van der Waals surface area contributed by atoms with Crippen molar-refractivity contribution in [1.29, 1.82) is 0 Å². The van der Waals surface area contributed by atoms with E-state index in [-0.39, 0.29) is 0 Å².